The highest BCUT2D eigenvalue weighted by Gasteiger charge is 2.30. The van der Waals surface area contributed by atoms with Crippen molar-refractivity contribution in [3.8, 4) is 0 Å². The molecule has 1 aromatic heterocycles. The lowest BCUT2D eigenvalue weighted by atomic mass is 9.98. The summed E-state index contributed by atoms with van der Waals surface area (Å²) in [5.74, 6) is 0. The number of aryl methyl sites for hydroxylation is 1. The molecule has 2 aliphatic heterocycles. The molecule has 3 rings (SSSR count). The highest BCUT2D eigenvalue weighted by molar-refractivity contribution is 5.67. The second kappa shape index (κ2) is 5.54. The van der Waals surface area contributed by atoms with E-state index in [-0.39, 0.29) is 0 Å². The monoisotopic (exact) mass is 273 g/mol. The molecule has 4 nitrogen and oxygen atoms in total. The van der Waals surface area contributed by atoms with Crippen LogP contribution in [0.1, 0.15) is 31.0 Å². The molecule has 2 N–H and O–H groups in total. The van der Waals surface area contributed by atoms with Gasteiger partial charge < -0.3 is 10.5 Å². The third-order valence-corrected chi connectivity index (χ3v) is 4.45. The fourth-order valence-corrected chi connectivity index (χ4v) is 3.33. The van der Waals surface area contributed by atoms with Gasteiger partial charge in [-0.1, -0.05) is 6.08 Å². The predicted octanol–water partition coefficient (Wildman–Crippen LogP) is 2.24. The van der Waals surface area contributed by atoms with Gasteiger partial charge in [-0.05, 0) is 43.9 Å². The van der Waals surface area contributed by atoms with Crippen LogP contribution in [0.4, 0.5) is 5.69 Å². The van der Waals surface area contributed by atoms with Crippen molar-refractivity contribution in [3.05, 3.63) is 29.6 Å². The van der Waals surface area contributed by atoms with Crippen molar-refractivity contribution in [1.82, 2.24) is 9.88 Å². The third-order valence-electron chi connectivity index (χ3n) is 4.45. The van der Waals surface area contributed by atoms with Crippen molar-refractivity contribution in [1.29, 1.82) is 0 Å². The number of pyridine rings is 1. The van der Waals surface area contributed by atoms with Crippen molar-refractivity contribution in [2.45, 2.75) is 38.8 Å². The lowest BCUT2D eigenvalue weighted by Gasteiger charge is -2.33. The molecule has 0 aliphatic carbocycles. The highest BCUT2D eigenvalue weighted by Crippen LogP contribution is 2.28. The smallest absolute Gasteiger partial charge is 0.0703 e. The van der Waals surface area contributed by atoms with Gasteiger partial charge in [0, 0.05) is 25.7 Å². The minimum Gasteiger partial charge on any atom is -0.397 e. The van der Waals surface area contributed by atoms with Gasteiger partial charge in [0.1, 0.15) is 0 Å². The van der Waals surface area contributed by atoms with Gasteiger partial charge in [0.25, 0.3) is 0 Å². The number of hydrogen-bond acceptors (Lipinski definition) is 4. The van der Waals surface area contributed by atoms with E-state index in [1.165, 1.54) is 11.1 Å². The normalized spacial score (nSPS) is 27.6. The van der Waals surface area contributed by atoms with E-state index in [1.54, 1.807) is 6.20 Å². The Morgan fingerprint density at radius 3 is 2.90 bits per heavy atom. The van der Waals surface area contributed by atoms with Gasteiger partial charge in [0.05, 0.1) is 23.7 Å². The van der Waals surface area contributed by atoms with E-state index >= 15 is 0 Å². The number of aromatic nitrogens is 1. The van der Waals surface area contributed by atoms with E-state index in [0.29, 0.717) is 12.1 Å². The van der Waals surface area contributed by atoms with Crippen LogP contribution in [0, 0.1) is 6.92 Å². The third kappa shape index (κ3) is 2.58. The van der Waals surface area contributed by atoms with Gasteiger partial charge in [-0.25, -0.2) is 0 Å². The van der Waals surface area contributed by atoms with Gasteiger partial charge in [-0.15, -0.1) is 0 Å². The first-order chi connectivity index (χ1) is 9.65. The zero-order valence-corrected chi connectivity index (χ0v) is 12.3. The van der Waals surface area contributed by atoms with Crippen LogP contribution in [-0.2, 0) is 4.74 Å². The average Bonchev–Trinajstić information content (AvgIpc) is 2.85. The van der Waals surface area contributed by atoms with E-state index in [9.17, 15) is 0 Å². The Hall–Kier alpha value is -1.39. The number of nitrogens with two attached hydrogens (primary N) is 1. The van der Waals surface area contributed by atoms with E-state index in [2.05, 4.69) is 29.8 Å². The molecule has 0 bridgehead atoms. The second-order valence-corrected chi connectivity index (χ2v) is 5.84. The van der Waals surface area contributed by atoms with Crippen molar-refractivity contribution in [3.63, 3.8) is 0 Å². The maximum Gasteiger partial charge on any atom is 0.0703 e. The summed E-state index contributed by atoms with van der Waals surface area (Å²) in [6, 6.07) is 2.58. The van der Waals surface area contributed by atoms with Crippen molar-refractivity contribution in [2.75, 3.05) is 25.4 Å². The largest absolute Gasteiger partial charge is 0.397 e. The zero-order chi connectivity index (χ0) is 14.1. The van der Waals surface area contributed by atoms with Crippen molar-refractivity contribution < 1.29 is 4.74 Å². The van der Waals surface area contributed by atoms with E-state index in [0.717, 1.165) is 43.9 Å². The molecule has 1 aromatic rings. The molecule has 1 saturated heterocycles. The second-order valence-electron chi connectivity index (χ2n) is 5.84. The summed E-state index contributed by atoms with van der Waals surface area (Å²) in [5.41, 5.74) is 10.1. The average molecular weight is 273 g/mol. The molecule has 2 aliphatic rings. The molecule has 108 valence electrons. The SMILES string of the molecule is Cc1cc(N)cnc1C1=CCN([C@H]2CCO[C@H]2C)CC1. The van der Waals surface area contributed by atoms with Crippen LogP contribution in [0.5, 0.6) is 0 Å². The molecule has 4 heteroatoms. The van der Waals surface area contributed by atoms with Gasteiger partial charge in [-0.2, -0.15) is 0 Å². The lowest BCUT2D eigenvalue weighted by molar-refractivity contribution is 0.0782. The Bertz CT molecular complexity index is 526. The number of hydrogen-bond donors (Lipinski definition) is 1. The van der Waals surface area contributed by atoms with Crippen LogP contribution in [-0.4, -0.2) is 41.7 Å². The summed E-state index contributed by atoms with van der Waals surface area (Å²) >= 11 is 0. The zero-order valence-electron chi connectivity index (χ0n) is 12.3. The molecule has 0 unspecified atom stereocenters. The van der Waals surface area contributed by atoms with Crippen LogP contribution in [0.3, 0.4) is 0 Å². The Morgan fingerprint density at radius 1 is 1.45 bits per heavy atom. The highest BCUT2D eigenvalue weighted by atomic mass is 16.5. The number of rotatable bonds is 2. The molecule has 2 atom stereocenters. The summed E-state index contributed by atoms with van der Waals surface area (Å²) in [4.78, 5) is 7.04. The van der Waals surface area contributed by atoms with E-state index in [1.807, 2.05) is 6.07 Å². The first-order valence-corrected chi connectivity index (χ1v) is 7.42. The molecule has 0 radical (unpaired) electrons. The molecule has 0 spiro atoms. The Balaban J connectivity index is 1.73. The predicted molar refractivity (Wildman–Crippen MR) is 81.4 cm³/mol. The molecule has 1 fully saturated rings. The number of anilines is 1. The number of nitrogens with zero attached hydrogens (tertiary/aromatic N) is 2. The fraction of sp³-hybridized carbons (Fsp3) is 0.562. The van der Waals surface area contributed by atoms with Crippen LogP contribution in [0.25, 0.3) is 5.57 Å². The standard InChI is InChI=1S/C16H23N3O/c1-11-9-14(17)10-18-16(11)13-3-6-19(7-4-13)15-5-8-20-12(15)2/h3,9-10,12,15H,4-8,17H2,1-2H3/t12-,15-/m0/s1. The minimum atomic E-state index is 0.362. The van der Waals surface area contributed by atoms with Crippen LogP contribution < -0.4 is 5.73 Å². The van der Waals surface area contributed by atoms with Crippen LogP contribution >= 0.6 is 0 Å². The van der Waals surface area contributed by atoms with E-state index < -0.39 is 0 Å². The van der Waals surface area contributed by atoms with Gasteiger partial charge in [0.15, 0.2) is 0 Å². The Kier molecular flexibility index (Phi) is 3.76. The first-order valence-electron chi connectivity index (χ1n) is 7.42. The molecule has 3 heterocycles. The minimum absolute atomic E-state index is 0.362. The van der Waals surface area contributed by atoms with Crippen molar-refractivity contribution >= 4 is 11.3 Å². The molecule has 0 amide bonds. The quantitative estimate of drug-likeness (QED) is 0.898. The van der Waals surface area contributed by atoms with Crippen molar-refractivity contribution in [2.24, 2.45) is 0 Å². The Labute approximate surface area is 120 Å². The molecule has 20 heavy (non-hydrogen) atoms. The molecular formula is C16H23N3O. The Morgan fingerprint density at radius 2 is 2.30 bits per heavy atom. The fourth-order valence-electron chi connectivity index (χ4n) is 3.33. The van der Waals surface area contributed by atoms with Crippen LogP contribution in [0.2, 0.25) is 0 Å². The summed E-state index contributed by atoms with van der Waals surface area (Å²) < 4.78 is 5.67. The van der Waals surface area contributed by atoms with E-state index in [4.69, 9.17) is 10.5 Å². The maximum absolute atomic E-state index is 5.77. The topological polar surface area (TPSA) is 51.4 Å². The molecular weight excluding hydrogens is 250 g/mol. The molecule has 0 aromatic carbocycles. The van der Waals surface area contributed by atoms with Gasteiger partial charge in [-0.3, -0.25) is 9.88 Å². The lowest BCUT2D eigenvalue weighted by Crippen LogP contribution is -2.42. The van der Waals surface area contributed by atoms with Gasteiger partial charge in [0.2, 0.25) is 0 Å². The first kappa shape index (κ1) is 13.6. The van der Waals surface area contributed by atoms with Crippen LogP contribution in [0.15, 0.2) is 18.3 Å². The van der Waals surface area contributed by atoms with Gasteiger partial charge >= 0.3 is 0 Å². The maximum atomic E-state index is 5.77. The summed E-state index contributed by atoms with van der Waals surface area (Å²) in [5, 5.41) is 0. The summed E-state index contributed by atoms with van der Waals surface area (Å²) in [6.07, 6.45) is 6.65. The summed E-state index contributed by atoms with van der Waals surface area (Å²) in [6.45, 7) is 7.26. The number of ether oxygens (including phenoxy) is 1. The number of nitrogen functional groups attached to an aromatic ring is 1. The summed E-state index contributed by atoms with van der Waals surface area (Å²) in [7, 11) is 0. The molecule has 0 saturated carbocycles.